The molecule has 0 aliphatic heterocycles. The van der Waals surface area contributed by atoms with Gasteiger partial charge in [-0.25, -0.2) is 4.98 Å². The number of alkyl halides is 3. The Morgan fingerprint density at radius 1 is 1.19 bits per heavy atom. The van der Waals surface area contributed by atoms with Gasteiger partial charge in [-0.2, -0.15) is 13.2 Å². The van der Waals surface area contributed by atoms with E-state index in [1.165, 1.54) is 4.40 Å². The minimum absolute atomic E-state index is 0.118. The van der Waals surface area contributed by atoms with E-state index in [0.29, 0.717) is 25.2 Å². The van der Waals surface area contributed by atoms with E-state index in [4.69, 9.17) is 11.6 Å². The highest BCUT2D eigenvalue weighted by atomic mass is 35.5. The lowest BCUT2D eigenvalue weighted by Crippen LogP contribution is -2.34. The first kappa shape index (κ1) is 21.5. The molecule has 2 rings (SSSR count). The summed E-state index contributed by atoms with van der Waals surface area (Å²) in [5, 5.41) is -0.118. The molecule has 27 heavy (non-hydrogen) atoms. The molecule has 0 spiro atoms. The molecule has 1 amide bonds. The summed E-state index contributed by atoms with van der Waals surface area (Å²) in [4.78, 5) is 19.3. The zero-order valence-electron chi connectivity index (χ0n) is 15.9. The smallest absolute Gasteiger partial charge is 0.337 e. The van der Waals surface area contributed by atoms with Crippen LogP contribution in [0.1, 0.15) is 68.2 Å². The van der Waals surface area contributed by atoms with Crippen LogP contribution in [0.3, 0.4) is 0 Å². The lowest BCUT2D eigenvalue weighted by molar-refractivity contribution is -0.137. The van der Waals surface area contributed by atoms with Crippen molar-refractivity contribution in [1.82, 2.24) is 14.3 Å². The molecule has 2 heterocycles. The highest BCUT2D eigenvalue weighted by molar-refractivity contribution is 6.33. The van der Waals surface area contributed by atoms with Crippen molar-refractivity contribution in [3.05, 3.63) is 34.2 Å². The number of rotatable bonds is 8. The third kappa shape index (κ3) is 4.75. The van der Waals surface area contributed by atoms with Gasteiger partial charge in [-0.05, 0) is 25.3 Å². The number of nitrogens with zero attached hydrogens (tertiary/aromatic N) is 3. The summed E-state index contributed by atoms with van der Waals surface area (Å²) >= 11 is 6.05. The van der Waals surface area contributed by atoms with Crippen molar-refractivity contribution in [3.8, 4) is 0 Å². The van der Waals surface area contributed by atoms with Crippen LogP contribution in [0.25, 0.3) is 5.65 Å². The lowest BCUT2D eigenvalue weighted by atomic mass is 10.2. The predicted molar refractivity (Wildman–Crippen MR) is 100 cm³/mol. The third-order valence-electron chi connectivity index (χ3n) is 4.46. The van der Waals surface area contributed by atoms with Crippen molar-refractivity contribution < 1.29 is 18.0 Å². The molecular formula is C19H25ClF3N3O. The molecule has 4 nitrogen and oxygen atoms in total. The summed E-state index contributed by atoms with van der Waals surface area (Å²) < 4.78 is 40.9. The van der Waals surface area contributed by atoms with Crippen LogP contribution in [-0.4, -0.2) is 33.3 Å². The summed E-state index contributed by atoms with van der Waals surface area (Å²) in [7, 11) is 0. The SMILES string of the molecule is CCCCN(CCCC)C(=O)c1c(CC)nc2c(Cl)cc(C(F)(F)F)cn12. The molecule has 8 heteroatoms. The number of unbranched alkanes of at least 4 members (excludes halogenated alkanes) is 2. The van der Waals surface area contributed by atoms with Gasteiger partial charge in [-0.1, -0.05) is 45.2 Å². The van der Waals surface area contributed by atoms with E-state index in [1.807, 2.05) is 20.8 Å². The van der Waals surface area contributed by atoms with Crippen LogP contribution in [0.4, 0.5) is 13.2 Å². The second kappa shape index (κ2) is 8.95. The van der Waals surface area contributed by atoms with Gasteiger partial charge < -0.3 is 4.90 Å². The van der Waals surface area contributed by atoms with E-state index in [2.05, 4.69) is 4.98 Å². The molecule has 0 aliphatic rings. The zero-order valence-corrected chi connectivity index (χ0v) is 16.6. The highest BCUT2D eigenvalue weighted by Gasteiger charge is 2.33. The maximum atomic E-state index is 13.2. The predicted octanol–water partition coefficient (Wildman–Crippen LogP) is 5.61. The van der Waals surface area contributed by atoms with E-state index < -0.39 is 11.7 Å². The summed E-state index contributed by atoms with van der Waals surface area (Å²) in [5.74, 6) is -0.295. The van der Waals surface area contributed by atoms with Gasteiger partial charge in [0.2, 0.25) is 0 Å². The maximum Gasteiger partial charge on any atom is 0.417 e. The van der Waals surface area contributed by atoms with Crippen LogP contribution < -0.4 is 0 Å². The molecular weight excluding hydrogens is 379 g/mol. The molecule has 0 saturated carbocycles. The van der Waals surface area contributed by atoms with Crippen molar-refractivity contribution in [2.75, 3.05) is 13.1 Å². The quantitative estimate of drug-likeness (QED) is 0.574. The number of hydrogen-bond acceptors (Lipinski definition) is 2. The minimum atomic E-state index is -4.56. The molecule has 0 N–H and O–H groups in total. The van der Waals surface area contributed by atoms with Crippen molar-refractivity contribution in [1.29, 1.82) is 0 Å². The second-order valence-corrected chi connectivity index (χ2v) is 6.94. The van der Waals surface area contributed by atoms with Crippen LogP contribution in [0.5, 0.6) is 0 Å². The normalized spacial score (nSPS) is 12.0. The number of carbonyl (C=O) groups is 1. The molecule has 0 bridgehead atoms. The molecule has 0 saturated heterocycles. The van der Waals surface area contributed by atoms with E-state index in [0.717, 1.165) is 37.9 Å². The number of fused-ring (bicyclic) bond motifs is 1. The fourth-order valence-electron chi connectivity index (χ4n) is 2.94. The topological polar surface area (TPSA) is 37.6 Å². The molecule has 2 aromatic rings. The van der Waals surface area contributed by atoms with Crippen molar-refractivity contribution in [2.45, 2.75) is 59.1 Å². The van der Waals surface area contributed by atoms with Crippen molar-refractivity contribution in [3.63, 3.8) is 0 Å². The maximum absolute atomic E-state index is 13.2. The first-order valence-electron chi connectivity index (χ1n) is 9.31. The monoisotopic (exact) mass is 403 g/mol. The largest absolute Gasteiger partial charge is 0.417 e. The number of halogens is 4. The molecule has 0 radical (unpaired) electrons. The van der Waals surface area contributed by atoms with Gasteiger partial charge in [0.1, 0.15) is 5.69 Å². The standard InChI is InChI=1S/C19H25ClF3N3O/c1-4-7-9-25(10-8-5-2)18(27)16-15(6-3)24-17-14(20)11-13(12-26(16)17)19(21,22)23/h11-12H,4-10H2,1-3H3. The average molecular weight is 404 g/mol. The molecule has 150 valence electrons. The molecule has 0 aromatic carbocycles. The van der Waals surface area contributed by atoms with Crippen molar-refractivity contribution >= 4 is 23.2 Å². The van der Waals surface area contributed by atoms with Gasteiger partial charge in [0.25, 0.3) is 5.91 Å². The van der Waals surface area contributed by atoms with E-state index in [1.54, 1.807) is 4.90 Å². The summed E-state index contributed by atoms with van der Waals surface area (Å²) in [6, 6.07) is 0.851. The van der Waals surface area contributed by atoms with Crippen LogP contribution in [0.15, 0.2) is 12.3 Å². The average Bonchev–Trinajstić information content (AvgIpc) is 2.99. The van der Waals surface area contributed by atoms with Gasteiger partial charge in [-0.3, -0.25) is 9.20 Å². The van der Waals surface area contributed by atoms with Gasteiger partial charge in [-0.15, -0.1) is 0 Å². The zero-order chi connectivity index (χ0) is 20.2. The Labute approximate surface area is 162 Å². The third-order valence-corrected chi connectivity index (χ3v) is 4.74. The Bertz CT molecular complexity index is 794. The van der Waals surface area contributed by atoms with Gasteiger partial charge >= 0.3 is 6.18 Å². The number of pyridine rings is 1. The Morgan fingerprint density at radius 3 is 2.26 bits per heavy atom. The van der Waals surface area contributed by atoms with E-state index in [-0.39, 0.29) is 22.3 Å². The van der Waals surface area contributed by atoms with Crippen molar-refractivity contribution in [2.24, 2.45) is 0 Å². The van der Waals surface area contributed by atoms with Crippen LogP contribution in [0, 0.1) is 0 Å². The molecule has 0 aliphatic carbocycles. The Kier molecular flexibility index (Phi) is 7.14. The number of carbonyl (C=O) groups excluding carboxylic acids is 1. The lowest BCUT2D eigenvalue weighted by Gasteiger charge is -2.23. The Hall–Kier alpha value is -1.76. The fourth-order valence-corrected chi connectivity index (χ4v) is 3.19. The first-order chi connectivity index (χ1) is 12.7. The van der Waals surface area contributed by atoms with Crippen LogP contribution in [-0.2, 0) is 12.6 Å². The first-order valence-corrected chi connectivity index (χ1v) is 9.69. The highest BCUT2D eigenvalue weighted by Crippen LogP contribution is 2.33. The summed E-state index contributed by atoms with van der Waals surface area (Å²) in [6.45, 7) is 7.02. The molecule has 0 unspecified atom stereocenters. The summed E-state index contributed by atoms with van der Waals surface area (Å²) in [6.07, 6.45) is 0.305. The fraction of sp³-hybridized carbons (Fsp3) is 0.579. The van der Waals surface area contributed by atoms with E-state index >= 15 is 0 Å². The molecule has 0 atom stereocenters. The number of amides is 1. The number of aromatic nitrogens is 2. The molecule has 2 aromatic heterocycles. The number of imidazole rings is 1. The number of hydrogen-bond donors (Lipinski definition) is 0. The van der Waals surface area contributed by atoms with Gasteiger partial charge in [0.15, 0.2) is 5.65 Å². The second-order valence-electron chi connectivity index (χ2n) is 6.53. The van der Waals surface area contributed by atoms with Gasteiger partial charge in [0.05, 0.1) is 16.3 Å². The van der Waals surface area contributed by atoms with Crippen LogP contribution >= 0.6 is 11.6 Å². The van der Waals surface area contributed by atoms with E-state index in [9.17, 15) is 18.0 Å². The number of aryl methyl sites for hydroxylation is 1. The summed E-state index contributed by atoms with van der Waals surface area (Å²) in [5.41, 5.74) is -0.0921. The molecule has 0 fully saturated rings. The van der Waals surface area contributed by atoms with Gasteiger partial charge in [0, 0.05) is 19.3 Å². The Morgan fingerprint density at radius 2 is 1.78 bits per heavy atom. The Balaban J connectivity index is 2.59. The van der Waals surface area contributed by atoms with Crippen LogP contribution in [0.2, 0.25) is 5.02 Å². The minimum Gasteiger partial charge on any atom is -0.337 e.